The van der Waals surface area contributed by atoms with Crippen molar-refractivity contribution in [2.24, 2.45) is 23.6 Å². The lowest BCUT2D eigenvalue weighted by Crippen LogP contribution is -2.37. The maximum absolute atomic E-state index is 5.32. The largest absolute Gasteiger partial charge is 0.369 e. The van der Waals surface area contributed by atoms with Crippen LogP contribution in [0.2, 0.25) is 0 Å². The number of nitrogens with two attached hydrogens (primary N) is 2. The molecule has 0 saturated heterocycles. The molecule has 5 N–H and O–H groups in total. The Morgan fingerprint density at radius 3 is 3.08 bits per heavy atom. The molecule has 6 heteroatoms. The minimum Gasteiger partial charge on any atom is -0.369 e. The topological polar surface area (TPSA) is 94.2 Å². The van der Waals surface area contributed by atoms with Crippen molar-refractivity contribution in [2.45, 2.75) is 6.54 Å². The second-order valence-electron chi connectivity index (χ2n) is 2.29. The molecule has 66 valence electrons. The van der Waals surface area contributed by atoms with Gasteiger partial charge in [-0.15, -0.1) is 0 Å². The molecule has 0 aliphatic rings. The van der Waals surface area contributed by atoms with Gasteiger partial charge in [0.2, 0.25) is 5.96 Å². The van der Waals surface area contributed by atoms with Gasteiger partial charge < -0.3 is 5.73 Å². The van der Waals surface area contributed by atoms with E-state index in [1.54, 1.807) is 10.9 Å². The van der Waals surface area contributed by atoms with Crippen molar-refractivity contribution in [1.29, 1.82) is 0 Å². The van der Waals surface area contributed by atoms with Gasteiger partial charge in [-0.25, -0.2) is 10.8 Å². The fourth-order valence-corrected chi connectivity index (χ4v) is 0.768. The Labute approximate surface area is 70.2 Å². The molecule has 6 nitrogen and oxygen atoms in total. The molecule has 0 aliphatic carbocycles. The number of aryl methyl sites for hydroxylation is 1. The average molecular weight is 168 g/mol. The molecule has 0 radical (unpaired) electrons. The van der Waals surface area contributed by atoms with Crippen molar-refractivity contribution in [3.63, 3.8) is 0 Å². The smallest absolute Gasteiger partial charge is 0.203 e. The lowest BCUT2D eigenvalue weighted by molar-refractivity contribution is 0.711. The number of guanidine groups is 1. The van der Waals surface area contributed by atoms with Crippen molar-refractivity contribution >= 4 is 5.96 Å². The van der Waals surface area contributed by atoms with Crippen LogP contribution in [-0.2, 0) is 13.6 Å². The van der Waals surface area contributed by atoms with Crippen LogP contribution in [0.25, 0.3) is 0 Å². The molecule has 0 aliphatic heterocycles. The van der Waals surface area contributed by atoms with Crippen molar-refractivity contribution in [2.75, 3.05) is 0 Å². The highest BCUT2D eigenvalue weighted by Crippen LogP contribution is 1.97. The number of nitrogens with one attached hydrogen (secondary N) is 1. The van der Waals surface area contributed by atoms with Gasteiger partial charge in [-0.2, -0.15) is 5.10 Å². The van der Waals surface area contributed by atoms with E-state index in [1.165, 1.54) is 0 Å². The summed E-state index contributed by atoms with van der Waals surface area (Å²) in [4.78, 5) is 3.94. The lowest BCUT2D eigenvalue weighted by atomic mass is 10.4. The van der Waals surface area contributed by atoms with Crippen molar-refractivity contribution in [1.82, 2.24) is 15.2 Å². The predicted octanol–water partition coefficient (Wildman–Crippen LogP) is -1.30. The second kappa shape index (κ2) is 3.72. The van der Waals surface area contributed by atoms with Crippen molar-refractivity contribution < 1.29 is 0 Å². The summed E-state index contributed by atoms with van der Waals surface area (Å²) in [6.07, 6.45) is 1.71. The van der Waals surface area contributed by atoms with E-state index in [4.69, 9.17) is 11.6 Å². The number of hydrogen-bond acceptors (Lipinski definition) is 3. The highest BCUT2D eigenvalue weighted by Gasteiger charge is 1.95. The van der Waals surface area contributed by atoms with Crippen LogP contribution in [0, 0.1) is 0 Å². The summed E-state index contributed by atoms with van der Waals surface area (Å²) < 4.78 is 1.73. The van der Waals surface area contributed by atoms with E-state index in [0.29, 0.717) is 6.54 Å². The van der Waals surface area contributed by atoms with E-state index in [9.17, 15) is 0 Å². The molecule has 0 spiro atoms. The number of hydrazine groups is 1. The molecule has 1 aromatic rings. The third kappa shape index (κ3) is 1.96. The summed E-state index contributed by atoms with van der Waals surface area (Å²) in [6.45, 7) is 0.479. The van der Waals surface area contributed by atoms with Crippen molar-refractivity contribution in [3.8, 4) is 0 Å². The second-order valence-corrected chi connectivity index (χ2v) is 2.29. The maximum atomic E-state index is 5.32. The molecular weight excluding hydrogens is 156 g/mol. The first-order valence-electron chi connectivity index (χ1n) is 3.47. The Morgan fingerprint density at radius 2 is 2.58 bits per heavy atom. The van der Waals surface area contributed by atoms with Crippen LogP contribution < -0.4 is 17.0 Å². The van der Waals surface area contributed by atoms with E-state index in [-0.39, 0.29) is 5.96 Å². The van der Waals surface area contributed by atoms with Crippen LogP contribution in [-0.4, -0.2) is 15.7 Å². The van der Waals surface area contributed by atoms with Crippen LogP contribution >= 0.6 is 0 Å². The van der Waals surface area contributed by atoms with Crippen molar-refractivity contribution in [3.05, 3.63) is 18.0 Å². The molecular formula is C6H12N6. The first-order chi connectivity index (χ1) is 5.74. The van der Waals surface area contributed by atoms with Gasteiger partial charge >= 0.3 is 0 Å². The van der Waals surface area contributed by atoms with Gasteiger partial charge in [-0.05, 0) is 6.07 Å². The van der Waals surface area contributed by atoms with Gasteiger partial charge in [-0.1, -0.05) is 0 Å². The SMILES string of the molecule is Cn1nccc1CN=C(N)NN. The summed E-state index contributed by atoms with van der Waals surface area (Å²) >= 11 is 0. The van der Waals surface area contributed by atoms with Gasteiger partial charge in [0, 0.05) is 13.2 Å². The number of rotatable bonds is 2. The van der Waals surface area contributed by atoms with Gasteiger partial charge in [-0.3, -0.25) is 10.1 Å². The Kier molecular flexibility index (Phi) is 2.65. The number of aromatic nitrogens is 2. The zero-order valence-corrected chi connectivity index (χ0v) is 6.86. The van der Waals surface area contributed by atoms with Crippen LogP contribution in [0.3, 0.4) is 0 Å². The van der Waals surface area contributed by atoms with E-state index in [2.05, 4.69) is 15.5 Å². The molecule has 0 aromatic carbocycles. The molecule has 0 bridgehead atoms. The highest BCUT2D eigenvalue weighted by molar-refractivity contribution is 5.76. The summed E-state index contributed by atoms with van der Waals surface area (Å²) in [7, 11) is 1.84. The van der Waals surface area contributed by atoms with E-state index >= 15 is 0 Å². The molecule has 0 unspecified atom stereocenters. The third-order valence-electron chi connectivity index (χ3n) is 1.48. The summed E-state index contributed by atoms with van der Waals surface area (Å²) in [5.41, 5.74) is 8.55. The molecule has 0 amide bonds. The molecule has 0 fully saturated rings. The number of nitrogens with zero attached hydrogens (tertiary/aromatic N) is 3. The maximum Gasteiger partial charge on any atom is 0.203 e. The van der Waals surface area contributed by atoms with E-state index < -0.39 is 0 Å². The lowest BCUT2D eigenvalue weighted by Gasteiger charge is -1.99. The van der Waals surface area contributed by atoms with Crippen LogP contribution in [0.4, 0.5) is 0 Å². The fourth-order valence-electron chi connectivity index (χ4n) is 0.768. The summed E-state index contributed by atoms with van der Waals surface area (Å²) in [6, 6.07) is 1.87. The third-order valence-corrected chi connectivity index (χ3v) is 1.48. The quantitative estimate of drug-likeness (QED) is 0.221. The first-order valence-corrected chi connectivity index (χ1v) is 3.47. The Morgan fingerprint density at radius 1 is 1.83 bits per heavy atom. The van der Waals surface area contributed by atoms with Crippen LogP contribution in [0.5, 0.6) is 0 Å². The Balaban J connectivity index is 2.59. The predicted molar refractivity (Wildman–Crippen MR) is 45.9 cm³/mol. The van der Waals surface area contributed by atoms with Gasteiger partial charge in [0.1, 0.15) is 0 Å². The molecule has 12 heavy (non-hydrogen) atoms. The fraction of sp³-hybridized carbons (Fsp3) is 0.333. The molecule has 1 aromatic heterocycles. The van der Waals surface area contributed by atoms with Gasteiger partial charge in [0.15, 0.2) is 0 Å². The van der Waals surface area contributed by atoms with Gasteiger partial charge in [0.05, 0.1) is 12.2 Å². The van der Waals surface area contributed by atoms with E-state index in [1.807, 2.05) is 13.1 Å². The standard InChI is InChI=1S/C6H12N6/c1-12-5(2-3-10-12)4-9-6(7)11-8/h2-3H,4,8H2,1H3,(H3,7,9,11). The number of aliphatic imine (C=N–C) groups is 1. The summed E-state index contributed by atoms with van der Waals surface area (Å²) in [5, 5.41) is 3.98. The Bertz CT molecular complexity index is 275. The monoisotopic (exact) mass is 168 g/mol. The number of hydrogen-bond donors (Lipinski definition) is 3. The zero-order chi connectivity index (χ0) is 8.97. The Hall–Kier alpha value is -1.56. The minimum atomic E-state index is 0.219. The van der Waals surface area contributed by atoms with Crippen LogP contribution in [0.1, 0.15) is 5.69 Å². The van der Waals surface area contributed by atoms with E-state index in [0.717, 1.165) is 5.69 Å². The normalized spacial score (nSPS) is 11.7. The molecule has 0 atom stereocenters. The molecule has 0 saturated carbocycles. The van der Waals surface area contributed by atoms with Gasteiger partial charge in [0.25, 0.3) is 0 Å². The zero-order valence-electron chi connectivity index (χ0n) is 6.86. The highest BCUT2D eigenvalue weighted by atomic mass is 15.3. The molecule has 1 heterocycles. The average Bonchev–Trinajstić information content (AvgIpc) is 2.47. The van der Waals surface area contributed by atoms with Crippen LogP contribution in [0.15, 0.2) is 17.3 Å². The molecule has 1 rings (SSSR count). The minimum absolute atomic E-state index is 0.219. The first kappa shape index (κ1) is 8.54. The summed E-state index contributed by atoms with van der Waals surface area (Å²) in [5.74, 6) is 5.24.